The van der Waals surface area contributed by atoms with Gasteiger partial charge >= 0.3 is 5.97 Å². The first kappa shape index (κ1) is 23.4. The molecule has 0 amide bonds. The Morgan fingerprint density at radius 3 is 2.60 bits per heavy atom. The number of carbonyl (C=O) groups excluding carboxylic acids is 2. The lowest BCUT2D eigenvalue weighted by molar-refractivity contribution is -0.384. The molecule has 0 saturated heterocycles. The van der Waals surface area contributed by atoms with Crippen LogP contribution in [0.4, 0.5) is 10.1 Å². The molecule has 2 aromatic heterocycles. The van der Waals surface area contributed by atoms with Gasteiger partial charge in [0.1, 0.15) is 5.69 Å². The number of hydrogen-bond acceptors (Lipinski definition) is 7. The number of nitro benzene ring substituents is 1. The zero-order chi connectivity index (χ0) is 25.3. The van der Waals surface area contributed by atoms with Crippen LogP contribution in [-0.2, 0) is 9.53 Å². The number of hydrogen-bond donors (Lipinski definition) is 1. The Bertz CT molecular complexity index is 1440. The number of aromatic amines is 1. The van der Waals surface area contributed by atoms with Crippen molar-refractivity contribution in [3.05, 3.63) is 99.7 Å². The van der Waals surface area contributed by atoms with E-state index in [9.17, 15) is 19.7 Å². The van der Waals surface area contributed by atoms with E-state index in [4.69, 9.17) is 4.74 Å². The lowest BCUT2D eigenvalue weighted by Gasteiger charge is -2.19. The third-order valence-electron chi connectivity index (χ3n) is 5.57. The predicted octanol–water partition coefficient (Wildman–Crippen LogP) is 4.72. The third kappa shape index (κ3) is 4.17. The number of Topliss-reactive ketones (excluding diaryl/α,β-unsaturated/α-hetero) is 1. The van der Waals surface area contributed by atoms with Crippen molar-refractivity contribution in [2.75, 3.05) is 7.11 Å². The van der Waals surface area contributed by atoms with Gasteiger partial charge in [-0.1, -0.05) is 18.7 Å². The van der Waals surface area contributed by atoms with Crippen LogP contribution in [0.2, 0.25) is 0 Å². The van der Waals surface area contributed by atoms with Gasteiger partial charge in [-0.2, -0.15) is 0 Å². The maximum atomic E-state index is 15.4. The lowest BCUT2D eigenvalue weighted by atomic mass is 9.83. The smallest absolute Gasteiger partial charge is 0.354 e. The summed E-state index contributed by atoms with van der Waals surface area (Å²) in [6.07, 6.45) is 5.76. The van der Waals surface area contributed by atoms with Gasteiger partial charge in [0.2, 0.25) is 5.78 Å². The Morgan fingerprint density at radius 1 is 1.29 bits per heavy atom. The maximum Gasteiger partial charge on any atom is 0.354 e. The van der Waals surface area contributed by atoms with E-state index >= 15 is 4.39 Å². The molecule has 10 heteroatoms. The molecule has 9 nitrogen and oxygen atoms in total. The minimum atomic E-state index is -1.19. The normalized spacial score (nSPS) is 15.3. The van der Waals surface area contributed by atoms with Crippen molar-refractivity contribution in [3.8, 4) is 11.1 Å². The monoisotopic (exact) mass is 474 g/mol. The first-order chi connectivity index (χ1) is 16.8. The number of ether oxygens (including phenoxy) is 1. The van der Waals surface area contributed by atoms with Crippen LogP contribution in [0.15, 0.2) is 61.1 Å². The molecule has 0 radical (unpaired) electrons. The lowest BCUT2D eigenvalue weighted by Crippen LogP contribution is -2.19. The number of nitrogens with zero attached hydrogens (tertiary/aromatic N) is 3. The van der Waals surface area contributed by atoms with Gasteiger partial charge in [0.25, 0.3) is 5.69 Å². The van der Waals surface area contributed by atoms with Crippen LogP contribution in [0.25, 0.3) is 22.8 Å². The molecule has 176 valence electrons. The van der Waals surface area contributed by atoms with E-state index in [1.54, 1.807) is 13.0 Å². The fourth-order valence-electron chi connectivity index (χ4n) is 3.92. The molecule has 4 rings (SSSR count). The summed E-state index contributed by atoms with van der Waals surface area (Å²) >= 11 is 0. The van der Waals surface area contributed by atoms with Crippen molar-refractivity contribution in [1.82, 2.24) is 15.0 Å². The number of methoxy groups -OCH3 is 1. The molecule has 35 heavy (non-hydrogen) atoms. The minimum Gasteiger partial charge on any atom is -0.464 e. The van der Waals surface area contributed by atoms with Crippen molar-refractivity contribution < 1.29 is 23.6 Å². The molecule has 3 aromatic rings. The van der Waals surface area contributed by atoms with Crippen LogP contribution in [0.5, 0.6) is 0 Å². The van der Waals surface area contributed by atoms with E-state index in [2.05, 4.69) is 21.5 Å². The second-order valence-electron chi connectivity index (χ2n) is 7.65. The average Bonchev–Trinajstić information content (AvgIpc) is 3.24. The number of rotatable bonds is 6. The number of nitrogens with one attached hydrogen (secondary N) is 1. The molecule has 0 fully saturated rings. The summed E-state index contributed by atoms with van der Waals surface area (Å²) in [4.78, 5) is 47.5. The first-order valence-electron chi connectivity index (χ1n) is 10.4. The number of carbonyl (C=O) groups is 2. The van der Waals surface area contributed by atoms with E-state index in [1.165, 1.54) is 55.8 Å². The van der Waals surface area contributed by atoms with Gasteiger partial charge in [-0.05, 0) is 36.8 Å². The summed E-state index contributed by atoms with van der Waals surface area (Å²) in [5, 5.41) is 11.1. The van der Waals surface area contributed by atoms with Gasteiger partial charge in [-0.3, -0.25) is 14.9 Å². The fraction of sp³-hybridized carbons (Fsp3) is 0.120. The molecule has 1 aromatic carbocycles. The van der Waals surface area contributed by atoms with Crippen LogP contribution >= 0.6 is 0 Å². The number of ketones is 1. The summed E-state index contributed by atoms with van der Waals surface area (Å²) in [6, 6.07) is 7.20. The van der Waals surface area contributed by atoms with Crippen LogP contribution in [0.1, 0.15) is 39.2 Å². The van der Waals surface area contributed by atoms with Crippen molar-refractivity contribution >= 4 is 29.1 Å². The Morgan fingerprint density at radius 2 is 2.00 bits per heavy atom. The third-order valence-corrected chi connectivity index (χ3v) is 5.57. The molecule has 1 atom stereocenters. The standard InChI is InChI=1S/C25H19FN4O5/c1-4-18-19(14-5-7-15(8-6-14)30(33)34)20(22(29-18)25(32)35-3)16-9-10-17(21(26)23(16)31)24-27-12-11-13(2)28-24/h4-12,16,29H,1H2,2-3H3. The number of nitro groups is 1. The minimum absolute atomic E-state index is 0.0539. The van der Waals surface area contributed by atoms with Crippen LogP contribution in [-0.4, -0.2) is 38.7 Å². The number of benzene rings is 1. The number of halogens is 1. The summed E-state index contributed by atoms with van der Waals surface area (Å²) in [5.41, 5.74) is 1.73. The second kappa shape index (κ2) is 9.26. The van der Waals surface area contributed by atoms with Gasteiger partial charge in [0.05, 0.1) is 23.5 Å². The van der Waals surface area contributed by atoms with Crippen molar-refractivity contribution in [2.24, 2.45) is 0 Å². The average molecular weight is 474 g/mol. The summed E-state index contributed by atoms with van der Waals surface area (Å²) in [7, 11) is 1.18. The molecule has 1 aliphatic rings. The molecule has 0 saturated carbocycles. The number of esters is 1. The van der Waals surface area contributed by atoms with Crippen LogP contribution in [0, 0.1) is 17.0 Å². The zero-order valence-corrected chi connectivity index (χ0v) is 18.7. The highest BCUT2D eigenvalue weighted by atomic mass is 19.1. The molecule has 0 bridgehead atoms. The Balaban J connectivity index is 1.89. The topological polar surface area (TPSA) is 128 Å². The van der Waals surface area contributed by atoms with E-state index in [-0.39, 0.29) is 28.3 Å². The molecule has 1 aliphatic carbocycles. The molecule has 2 heterocycles. The number of allylic oxidation sites excluding steroid dienone is 4. The molecular formula is C25H19FN4O5. The molecule has 0 spiro atoms. The quantitative estimate of drug-likeness (QED) is 0.311. The van der Waals surface area contributed by atoms with Crippen molar-refractivity contribution in [3.63, 3.8) is 0 Å². The Kier molecular flexibility index (Phi) is 6.20. The Labute approximate surface area is 198 Å². The van der Waals surface area contributed by atoms with Crippen LogP contribution in [0.3, 0.4) is 0 Å². The number of aromatic nitrogens is 3. The number of non-ortho nitro benzene ring substituents is 1. The van der Waals surface area contributed by atoms with E-state index in [0.29, 0.717) is 22.5 Å². The largest absolute Gasteiger partial charge is 0.464 e. The van der Waals surface area contributed by atoms with Crippen molar-refractivity contribution in [2.45, 2.75) is 12.8 Å². The van der Waals surface area contributed by atoms with Gasteiger partial charge in [-0.25, -0.2) is 19.2 Å². The second-order valence-corrected chi connectivity index (χ2v) is 7.65. The van der Waals surface area contributed by atoms with E-state index < -0.39 is 28.4 Å². The zero-order valence-electron chi connectivity index (χ0n) is 18.7. The van der Waals surface area contributed by atoms with E-state index in [1.807, 2.05) is 0 Å². The predicted molar refractivity (Wildman–Crippen MR) is 126 cm³/mol. The van der Waals surface area contributed by atoms with Gasteiger partial charge in [-0.15, -0.1) is 0 Å². The number of H-pyrrole nitrogens is 1. The highest BCUT2D eigenvalue weighted by Gasteiger charge is 2.36. The van der Waals surface area contributed by atoms with Gasteiger partial charge < -0.3 is 9.72 Å². The summed E-state index contributed by atoms with van der Waals surface area (Å²) < 4.78 is 20.2. The fourth-order valence-corrected chi connectivity index (χ4v) is 3.92. The molecule has 1 N–H and O–H groups in total. The highest BCUT2D eigenvalue weighted by molar-refractivity contribution is 6.11. The SMILES string of the molecule is C=Cc1[nH]c(C(=O)OC)c(C2C=CC(c3nccc(C)n3)=C(F)C2=O)c1-c1ccc([N+](=O)[O-])cc1. The van der Waals surface area contributed by atoms with Gasteiger partial charge in [0, 0.05) is 40.8 Å². The van der Waals surface area contributed by atoms with Gasteiger partial charge in [0.15, 0.2) is 11.7 Å². The van der Waals surface area contributed by atoms with Crippen molar-refractivity contribution in [1.29, 1.82) is 0 Å². The molecule has 1 unspecified atom stereocenters. The Hall–Kier alpha value is -4.73. The van der Waals surface area contributed by atoms with Crippen LogP contribution < -0.4 is 0 Å². The summed E-state index contributed by atoms with van der Waals surface area (Å²) in [5.74, 6) is -3.83. The number of aryl methyl sites for hydroxylation is 1. The molecule has 0 aliphatic heterocycles. The highest BCUT2D eigenvalue weighted by Crippen LogP contribution is 2.41. The van der Waals surface area contributed by atoms with E-state index in [0.717, 1.165) is 0 Å². The first-order valence-corrected chi connectivity index (χ1v) is 10.4. The summed E-state index contributed by atoms with van der Waals surface area (Å²) in [6.45, 7) is 5.47. The maximum absolute atomic E-state index is 15.4. The molecular weight excluding hydrogens is 455 g/mol.